The molecule has 2 nitrogen and oxygen atoms in total. The van der Waals surface area contributed by atoms with Gasteiger partial charge in [0, 0.05) is 6.42 Å². The molecule has 1 saturated heterocycles. The van der Waals surface area contributed by atoms with Crippen molar-refractivity contribution in [1.29, 1.82) is 0 Å². The molecule has 1 aliphatic rings. The van der Waals surface area contributed by atoms with E-state index in [1.165, 1.54) is 0 Å². The third-order valence-corrected chi connectivity index (χ3v) is 3.05. The molecule has 0 aliphatic carbocycles. The van der Waals surface area contributed by atoms with Gasteiger partial charge in [-0.25, -0.2) is 0 Å². The molecule has 0 aromatic heterocycles. The van der Waals surface area contributed by atoms with E-state index in [0.29, 0.717) is 6.61 Å². The van der Waals surface area contributed by atoms with E-state index < -0.39 is 13.9 Å². The number of rotatable bonds is 2. The van der Waals surface area contributed by atoms with Gasteiger partial charge < -0.3 is 9.47 Å². The summed E-state index contributed by atoms with van der Waals surface area (Å²) in [6.45, 7) is 11.4. The molecule has 1 aliphatic heterocycles. The van der Waals surface area contributed by atoms with E-state index in [1.807, 2.05) is 13.8 Å². The van der Waals surface area contributed by atoms with Crippen LogP contribution in [0.1, 0.15) is 26.7 Å². The first kappa shape index (κ1) is 12.8. The standard InChI is InChI=1S/C12H22O2Si/c1-12(2)13-10-11(14-12)8-6-7-9-15(3,4)5/h11H,6,8,10H2,1-5H3/t11-/m0/s1. The van der Waals surface area contributed by atoms with Crippen molar-refractivity contribution in [1.82, 2.24) is 0 Å². The molecular weight excluding hydrogens is 204 g/mol. The Bertz CT molecular complexity index is 268. The van der Waals surface area contributed by atoms with Crippen molar-refractivity contribution in [3.63, 3.8) is 0 Å². The molecule has 86 valence electrons. The summed E-state index contributed by atoms with van der Waals surface area (Å²) >= 11 is 0. The van der Waals surface area contributed by atoms with Gasteiger partial charge in [0.05, 0.1) is 12.7 Å². The highest BCUT2D eigenvalue weighted by atomic mass is 28.3. The largest absolute Gasteiger partial charge is 0.348 e. The maximum atomic E-state index is 5.70. The van der Waals surface area contributed by atoms with Gasteiger partial charge in [-0.15, -0.1) is 11.5 Å². The molecule has 0 unspecified atom stereocenters. The van der Waals surface area contributed by atoms with Crippen LogP contribution in [0.5, 0.6) is 0 Å². The Hall–Kier alpha value is -0.303. The summed E-state index contributed by atoms with van der Waals surface area (Å²) in [6.07, 6.45) is 2.14. The molecule has 0 aromatic carbocycles. The van der Waals surface area contributed by atoms with Gasteiger partial charge in [0.2, 0.25) is 0 Å². The summed E-state index contributed by atoms with van der Waals surface area (Å²) in [6, 6.07) is 0. The highest BCUT2D eigenvalue weighted by Crippen LogP contribution is 2.24. The van der Waals surface area contributed by atoms with E-state index in [-0.39, 0.29) is 6.10 Å². The van der Waals surface area contributed by atoms with Crippen molar-refractivity contribution in [3.8, 4) is 11.5 Å². The zero-order valence-electron chi connectivity index (χ0n) is 10.5. The molecule has 3 heteroatoms. The van der Waals surface area contributed by atoms with E-state index in [4.69, 9.17) is 9.47 Å². The molecular formula is C12H22O2Si. The van der Waals surface area contributed by atoms with Gasteiger partial charge in [-0.3, -0.25) is 0 Å². The Kier molecular flexibility index (Phi) is 3.99. The molecule has 0 bridgehead atoms. The van der Waals surface area contributed by atoms with Crippen molar-refractivity contribution < 1.29 is 9.47 Å². The van der Waals surface area contributed by atoms with Crippen LogP contribution in [0, 0.1) is 11.5 Å². The van der Waals surface area contributed by atoms with Crippen molar-refractivity contribution in [3.05, 3.63) is 0 Å². The molecule has 1 heterocycles. The first-order valence-electron chi connectivity index (χ1n) is 5.60. The zero-order valence-corrected chi connectivity index (χ0v) is 11.5. The van der Waals surface area contributed by atoms with E-state index in [2.05, 4.69) is 31.1 Å². The van der Waals surface area contributed by atoms with Crippen LogP contribution in [-0.2, 0) is 9.47 Å². The fourth-order valence-electron chi connectivity index (χ4n) is 1.47. The fraction of sp³-hybridized carbons (Fsp3) is 0.833. The van der Waals surface area contributed by atoms with Gasteiger partial charge in [-0.05, 0) is 20.3 Å². The first-order valence-corrected chi connectivity index (χ1v) is 9.10. The normalized spacial score (nSPS) is 24.7. The van der Waals surface area contributed by atoms with Crippen LogP contribution < -0.4 is 0 Å². The topological polar surface area (TPSA) is 18.5 Å². The van der Waals surface area contributed by atoms with Crippen LogP contribution in [0.2, 0.25) is 19.6 Å². The quantitative estimate of drug-likeness (QED) is 0.532. The third kappa shape index (κ3) is 5.36. The Balaban J connectivity index is 2.24. The summed E-state index contributed by atoms with van der Waals surface area (Å²) in [5.74, 6) is 2.86. The van der Waals surface area contributed by atoms with Crippen molar-refractivity contribution in [2.75, 3.05) is 6.61 Å². The van der Waals surface area contributed by atoms with Crippen molar-refractivity contribution >= 4 is 8.07 Å². The number of hydrogen-bond donors (Lipinski definition) is 0. The van der Waals surface area contributed by atoms with Crippen molar-refractivity contribution in [2.24, 2.45) is 0 Å². The Labute approximate surface area is 94.4 Å². The molecule has 0 radical (unpaired) electrons. The molecule has 0 saturated carbocycles. The summed E-state index contributed by atoms with van der Waals surface area (Å²) < 4.78 is 11.2. The summed E-state index contributed by atoms with van der Waals surface area (Å²) in [7, 11) is -1.20. The van der Waals surface area contributed by atoms with Gasteiger partial charge in [-0.1, -0.05) is 19.6 Å². The van der Waals surface area contributed by atoms with Gasteiger partial charge in [-0.2, -0.15) is 0 Å². The van der Waals surface area contributed by atoms with E-state index >= 15 is 0 Å². The van der Waals surface area contributed by atoms with E-state index in [1.54, 1.807) is 0 Å². The van der Waals surface area contributed by atoms with Crippen LogP contribution in [0.15, 0.2) is 0 Å². The van der Waals surface area contributed by atoms with Crippen LogP contribution in [-0.4, -0.2) is 26.6 Å². The lowest BCUT2D eigenvalue weighted by Gasteiger charge is -2.16. The predicted octanol–water partition coefficient (Wildman–Crippen LogP) is 2.80. The lowest BCUT2D eigenvalue weighted by molar-refractivity contribution is -0.138. The molecule has 0 spiro atoms. The lowest BCUT2D eigenvalue weighted by Crippen LogP contribution is -2.21. The van der Waals surface area contributed by atoms with Crippen molar-refractivity contribution in [2.45, 2.75) is 58.2 Å². The number of ether oxygens (including phenoxy) is 2. The predicted molar refractivity (Wildman–Crippen MR) is 65.3 cm³/mol. The van der Waals surface area contributed by atoms with Crippen LogP contribution in [0.25, 0.3) is 0 Å². The molecule has 0 N–H and O–H groups in total. The average molecular weight is 226 g/mol. The van der Waals surface area contributed by atoms with E-state index in [9.17, 15) is 0 Å². The van der Waals surface area contributed by atoms with Crippen LogP contribution in [0.4, 0.5) is 0 Å². The molecule has 0 aromatic rings. The molecule has 1 rings (SSSR count). The minimum atomic E-state index is -1.20. The Morgan fingerprint density at radius 2 is 2.00 bits per heavy atom. The summed E-state index contributed by atoms with van der Waals surface area (Å²) in [4.78, 5) is 0. The maximum absolute atomic E-state index is 5.70. The lowest BCUT2D eigenvalue weighted by atomic mass is 10.2. The van der Waals surface area contributed by atoms with Gasteiger partial charge in [0.25, 0.3) is 0 Å². The van der Waals surface area contributed by atoms with Gasteiger partial charge in [0.15, 0.2) is 5.79 Å². The maximum Gasteiger partial charge on any atom is 0.163 e. The second-order valence-corrected chi connectivity index (χ2v) is 10.3. The molecule has 1 fully saturated rings. The molecule has 0 amide bonds. The Morgan fingerprint density at radius 3 is 2.47 bits per heavy atom. The van der Waals surface area contributed by atoms with Crippen LogP contribution in [0.3, 0.4) is 0 Å². The summed E-state index contributed by atoms with van der Waals surface area (Å²) in [5.41, 5.74) is 3.36. The zero-order chi connectivity index (χ0) is 11.5. The second-order valence-electron chi connectivity index (χ2n) is 5.54. The Morgan fingerprint density at radius 1 is 1.33 bits per heavy atom. The van der Waals surface area contributed by atoms with Gasteiger partial charge in [0.1, 0.15) is 8.07 Å². The van der Waals surface area contributed by atoms with Crippen LogP contribution >= 0.6 is 0 Å². The monoisotopic (exact) mass is 226 g/mol. The molecule has 15 heavy (non-hydrogen) atoms. The minimum absolute atomic E-state index is 0.232. The van der Waals surface area contributed by atoms with E-state index in [0.717, 1.165) is 12.8 Å². The summed E-state index contributed by atoms with van der Waals surface area (Å²) in [5, 5.41) is 0. The SMILES string of the molecule is CC1(C)OC[C@H](CCC#C[Si](C)(C)C)O1. The highest BCUT2D eigenvalue weighted by Gasteiger charge is 2.31. The third-order valence-electron chi connectivity index (χ3n) is 2.12. The van der Waals surface area contributed by atoms with Gasteiger partial charge >= 0.3 is 0 Å². The fourth-order valence-corrected chi connectivity index (χ4v) is 2.12. The second kappa shape index (κ2) is 4.69. The highest BCUT2D eigenvalue weighted by molar-refractivity contribution is 6.83. The first-order chi connectivity index (χ1) is 6.79. The number of hydrogen-bond acceptors (Lipinski definition) is 2. The molecule has 1 atom stereocenters. The average Bonchev–Trinajstić information content (AvgIpc) is 2.38. The minimum Gasteiger partial charge on any atom is -0.348 e. The smallest absolute Gasteiger partial charge is 0.163 e.